The Bertz CT molecular complexity index is 138. The van der Waals surface area contributed by atoms with Crippen LogP contribution in [-0.2, 0) is 0 Å². The fourth-order valence-corrected chi connectivity index (χ4v) is 1.03. The van der Waals surface area contributed by atoms with Gasteiger partial charge in [0.2, 0.25) is 0 Å². The van der Waals surface area contributed by atoms with E-state index in [4.69, 9.17) is 11.5 Å². The Morgan fingerprint density at radius 3 is 2.00 bits per heavy atom. The van der Waals surface area contributed by atoms with Gasteiger partial charge >= 0.3 is 0 Å². The highest BCUT2D eigenvalue weighted by Gasteiger charge is 2.16. The van der Waals surface area contributed by atoms with Crippen molar-refractivity contribution >= 4 is 0 Å². The molecular weight excluding hydrogens is 136 g/mol. The minimum atomic E-state index is 0.217. The van der Waals surface area contributed by atoms with Crippen LogP contribution in [0.25, 0.3) is 0 Å². The lowest BCUT2D eigenvalue weighted by Gasteiger charge is -2.23. The van der Waals surface area contributed by atoms with Crippen LogP contribution in [0.4, 0.5) is 0 Å². The van der Waals surface area contributed by atoms with Gasteiger partial charge in [-0.05, 0) is 25.0 Å². The number of rotatable bonds is 3. The molecule has 0 aromatic rings. The maximum atomic E-state index is 5.94. The molecule has 0 unspecified atom stereocenters. The van der Waals surface area contributed by atoms with E-state index in [2.05, 4.69) is 20.8 Å². The summed E-state index contributed by atoms with van der Waals surface area (Å²) in [6.07, 6.45) is 1.65. The van der Waals surface area contributed by atoms with Crippen molar-refractivity contribution in [3.8, 4) is 0 Å². The van der Waals surface area contributed by atoms with Gasteiger partial charge in [-0.1, -0.05) is 26.3 Å². The maximum Gasteiger partial charge on any atom is 0.0126 e. The first-order valence-corrected chi connectivity index (χ1v) is 4.14. The normalized spacial score (nSPS) is 18.5. The predicted molar refractivity (Wildman–Crippen MR) is 49.9 cm³/mol. The van der Waals surface area contributed by atoms with Gasteiger partial charge in [0.25, 0.3) is 0 Å². The van der Waals surface area contributed by atoms with Gasteiger partial charge in [0.1, 0.15) is 0 Å². The summed E-state index contributed by atoms with van der Waals surface area (Å²) in [6, 6.07) is 0.217. The Labute approximate surface area is 69.6 Å². The summed E-state index contributed by atoms with van der Waals surface area (Å²) in [5.41, 5.74) is 12.5. The third-order valence-corrected chi connectivity index (χ3v) is 2.33. The second kappa shape index (κ2) is 4.39. The molecule has 0 rings (SSSR count). The van der Waals surface area contributed by atoms with Gasteiger partial charge in [0.05, 0.1) is 0 Å². The molecule has 0 spiro atoms. The highest BCUT2D eigenvalue weighted by Crippen LogP contribution is 2.16. The van der Waals surface area contributed by atoms with Gasteiger partial charge < -0.3 is 11.5 Å². The fourth-order valence-electron chi connectivity index (χ4n) is 1.03. The Kier molecular flexibility index (Phi) is 4.19. The lowest BCUT2D eigenvalue weighted by Crippen LogP contribution is -2.34. The Morgan fingerprint density at radius 1 is 1.27 bits per heavy atom. The molecule has 0 amide bonds. The lowest BCUT2D eigenvalue weighted by atomic mass is 9.88. The molecule has 11 heavy (non-hydrogen) atoms. The molecule has 0 aliphatic rings. The van der Waals surface area contributed by atoms with Crippen LogP contribution in [0.1, 0.15) is 27.7 Å². The van der Waals surface area contributed by atoms with Crippen molar-refractivity contribution in [1.82, 2.24) is 0 Å². The highest BCUT2D eigenvalue weighted by atomic mass is 14.7. The van der Waals surface area contributed by atoms with Gasteiger partial charge in [0, 0.05) is 6.04 Å². The molecule has 2 atom stereocenters. The summed E-state index contributed by atoms with van der Waals surface area (Å²) >= 11 is 0. The zero-order chi connectivity index (χ0) is 9.02. The Balaban J connectivity index is 4.13. The van der Waals surface area contributed by atoms with E-state index in [0.717, 1.165) is 0 Å². The SMILES string of the molecule is C/C(=C\N)[C@@H](C)[C@@H](N)C(C)C. The fraction of sp³-hybridized carbons (Fsp3) is 0.778. The average molecular weight is 156 g/mol. The lowest BCUT2D eigenvalue weighted by molar-refractivity contribution is 0.401. The van der Waals surface area contributed by atoms with E-state index in [1.807, 2.05) is 6.92 Å². The maximum absolute atomic E-state index is 5.94. The average Bonchev–Trinajstić information content (AvgIpc) is 2.00. The van der Waals surface area contributed by atoms with E-state index >= 15 is 0 Å². The van der Waals surface area contributed by atoms with Crippen molar-refractivity contribution < 1.29 is 0 Å². The first kappa shape index (κ1) is 10.5. The molecule has 0 aromatic heterocycles. The molecule has 0 saturated carbocycles. The van der Waals surface area contributed by atoms with Gasteiger partial charge in [-0.2, -0.15) is 0 Å². The van der Waals surface area contributed by atoms with Crippen LogP contribution in [0, 0.1) is 11.8 Å². The molecule has 4 N–H and O–H groups in total. The van der Waals surface area contributed by atoms with Crippen LogP contribution in [0.3, 0.4) is 0 Å². The van der Waals surface area contributed by atoms with E-state index < -0.39 is 0 Å². The van der Waals surface area contributed by atoms with Crippen LogP contribution in [0.5, 0.6) is 0 Å². The Hall–Kier alpha value is -0.500. The second-order valence-electron chi connectivity index (χ2n) is 3.52. The molecule has 0 aliphatic carbocycles. The van der Waals surface area contributed by atoms with E-state index in [1.165, 1.54) is 5.57 Å². The van der Waals surface area contributed by atoms with E-state index in [9.17, 15) is 0 Å². The van der Waals surface area contributed by atoms with Crippen LogP contribution in [-0.4, -0.2) is 6.04 Å². The molecule has 2 nitrogen and oxygen atoms in total. The largest absolute Gasteiger partial charge is 0.405 e. The topological polar surface area (TPSA) is 52.0 Å². The minimum absolute atomic E-state index is 0.217. The number of hydrogen-bond donors (Lipinski definition) is 2. The summed E-state index contributed by atoms with van der Waals surface area (Å²) in [7, 11) is 0. The molecule has 0 aliphatic heterocycles. The van der Waals surface area contributed by atoms with Crippen molar-refractivity contribution in [3.63, 3.8) is 0 Å². The van der Waals surface area contributed by atoms with Gasteiger partial charge in [-0.3, -0.25) is 0 Å². The first-order chi connectivity index (χ1) is 5.00. The molecule has 0 fully saturated rings. The van der Waals surface area contributed by atoms with Gasteiger partial charge in [-0.25, -0.2) is 0 Å². The van der Waals surface area contributed by atoms with Gasteiger partial charge in [0.15, 0.2) is 0 Å². The standard InChI is InChI=1S/C9H20N2/c1-6(2)9(11)8(4)7(3)5-10/h5-6,8-9H,10-11H2,1-4H3/b7-5+/t8-,9+/m1/s1. The zero-order valence-corrected chi connectivity index (χ0v) is 7.96. The quantitative estimate of drug-likeness (QED) is 0.650. The molecule has 2 heteroatoms. The number of nitrogens with two attached hydrogens (primary N) is 2. The monoisotopic (exact) mass is 156 g/mol. The summed E-state index contributed by atoms with van der Waals surface area (Å²) in [5, 5.41) is 0. The second-order valence-corrected chi connectivity index (χ2v) is 3.52. The van der Waals surface area contributed by atoms with E-state index in [1.54, 1.807) is 6.20 Å². The minimum Gasteiger partial charge on any atom is -0.405 e. The third-order valence-electron chi connectivity index (χ3n) is 2.33. The van der Waals surface area contributed by atoms with Crippen molar-refractivity contribution in [2.45, 2.75) is 33.7 Å². The zero-order valence-electron chi connectivity index (χ0n) is 7.96. The van der Waals surface area contributed by atoms with Crippen LogP contribution >= 0.6 is 0 Å². The molecule has 0 aromatic carbocycles. The highest BCUT2D eigenvalue weighted by molar-refractivity contribution is 5.03. The predicted octanol–water partition coefficient (Wildman–Crippen LogP) is 1.47. The third kappa shape index (κ3) is 2.93. The molecule has 0 bridgehead atoms. The molecular formula is C9H20N2. The first-order valence-electron chi connectivity index (χ1n) is 4.14. The molecule has 0 saturated heterocycles. The van der Waals surface area contributed by atoms with Crippen LogP contribution in [0.2, 0.25) is 0 Å². The molecule has 0 radical (unpaired) electrons. The van der Waals surface area contributed by atoms with Crippen LogP contribution < -0.4 is 11.5 Å². The molecule has 66 valence electrons. The summed E-state index contributed by atoms with van der Waals surface area (Å²) in [5.74, 6) is 0.903. The van der Waals surface area contributed by atoms with E-state index in [-0.39, 0.29) is 6.04 Å². The van der Waals surface area contributed by atoms with Crippen molar-refractivity contribution in [2.24, 2.45) is 23.3 Å². The van der Waals surface area contributed by atoms with Crippen molar-refractivity contribution in [1.29, 1.82) is 0 Å². The van der Waals surface area contributed by atoms with Crippen LogP contribution in [0.15, 0.2) is 11.8 Å². The van der Waals surface area contributed by atoms with Gasteiger partial charge in [-0.15, -0.1) is 0 Å². The summed E-state index contributed by atoms with van der Waals surface area (Å²) < 4.78 is 0. The smallest absolute Gasteiger partial charge is 0.0126 e. The Morgan fingerprint density at radius 2 is 1.73 bits per heavy atom. The summed E-state index contributed by atoms with van der Waals surface area (Å²) in [4.78, 5) is 0. The van der Waals surface area contributed by atoms with E-state index in [0.29, 0.717) is 11.8 Å². The molecule has 0 heterocycles. The number of hydrogen-bond acceptors (Lipinski definition) is 2. The summed E-state index contributed by atoms with van der Waals surface area (Å²) in [6.45, 7) is 8.40. The van der Waals surface area contributed by atoms with Crippen molar-refractivity contribution in [3.05, 3.63) is 11.8 Å². The van der Waals surface area contributed by atoms with Crippen molar-refractivity contribution in [2.75, 3.05) is 0 Å².